The molecule has 0 bridgehead atoms. The number of hydrogen-bond acceptors (Lipinski definition) is 3. The van der Waals surface area contributed by atoms with Gasteiger partial charge in [-0.2, -0.15) is 0 Å². The molecule has 0 radical (unpaired) electrons. The van der Waals surface area contributed by atoms with Crippen molar-refractivity contribution < 1.29 is 9.90 Å². The minimum Gasteiger partial charge on any atom is -0.506 e. The van der Waals surface area contributed by atoms with Crippen molar-refractivity contribution in [3.63, 3.8) is 0 Å². The van der Waals surface area contributed by atoms with E-state index in [0.29, 0.717) is 11.5 Å². The van der Waals surface area contributed by atoms with E-state index in [1.807, 2.05) is 0 Å². The Morgan fingerprint density at radius 3 is 2.78 bits per heavy atom. The first-order chi connectivity index (χ1) is 8.65. The molecule has 4 nitrogen and oxygen atoms in total. The number of nitrogens with one attached hydrogen (secondary N) is 1. The molecule has 0 atom stereocenters. The Bertz CT molecular complexity index is 412. The predicted molar refractivity (Wildman–Crippen MR) is 69.4 cm³/mol. The summed E-state index contributed by atoms with van der Waals surface area (Å²) in [5.41, 5.74) is 0.416. The molecule has 0 spiro atoms. The van der Waals surface area contributed by atoms with Gasteiger partial charge in [-0.25, -0.2) is 0 Å². The quantitative estimate of drug-likeness (QED) is 0.863. The molecule has 1 aromatic heterocycles. The van der Waals surface area contributed by atoms with Gasteiger partial charge in [0.25, 0.3) is 5.91 Å². The minimum absolute atomic E-state index is 0.0224. The van der Waals surface area contributed by atoms with Crippen molar-refractivity contribution in [2.45, 2.75) is 32.6 Å². The number of carbonyl (C=O) groups excluding carboxylic acids is 1. The zero-order chi connectivity index (χ0) is 13.0. The smallest absolute Gasteiger partial charge is 0.252 e. The number of nitrogens with zero attached hydrogens (tertiary/aromatic N) is 1. The largest absolute Gasteiger partial charge is 0.506 e. The van der Waals surface area contributed by atoms with E-state index in [1.165, 1.54) is 44.1 Å². The summed E-state index contributed by atoms with van der Waals surface area (Å²) in [5, 5.41) is 12.2. The Labute approximate surface area is 107 Å². The second kappa shape index (κ2) is 5.85. The van der Waals surface area contributed by atoms with Crippen LogP contribution in [0.5, 0.6) is 5.75 Å². The lowest BCUT2D eigenvalue weighted by Gasteiger charge is -2.26. The number of carbonyl (C=O) groups is 1. The molecule has 4 heteroatoms. The fraction of sp³-hybridized carbons (Fsp3) is 0.571. The maximum atomic E-state index is 11.8. The number of hydrogen-bond donors (Lipinski definition) is 2. The van der Waals surface area contributed by atoms with Crippen LogP contribution in [0, 0.1) is 11.8 Å². The Morgan fingerprint density at radius 2 is 2.11 bits per heavy atom. The van der Waals surface area contributed by atoms with Crippen LogP contribution >= 0.6 is 0 Å². The molecule has 1 amide bonds. The van der Waals surface area contributed by atoms with Crippen molar-refractivity contribution in [2.75, 3.05) is 6.54 Å². The van der Waals surface area contributed by atoms with Crippen LogP contribution in [0.3, 0.4) is 0 Å². The van der Waals surface area contributed by atoms with Crippen molar-refractivity contribution in [1.29, 1.82) is 0 Å². The molecule has 1 aliphatic rings. The molecular formula is C14H20N2O2. The van der Waals surface area contributed by atoms with E-state index >= 15 is 0 Å². The fourth-order valence-electron chi connectivity index (χ4n) is 2.42. The Kier molecular flexibility index (Phi) is 4.18. The first-order valence-electron chi connectivity index (χ1n) is 6.57. The lowest BCUT2D eigenvalue weighted by Crippen LogP contribution is -2.31. The molecule has 2 rings (SSSR count). The van der Waals surface area contributed by atoms with Crippen LogP contribution in [-0.4, -0.2) is 22.5 Å². The fourth-order valence-corrected chi connectivity index (χ4v) is 2.42. The van der Waals surface area contributed by atoms with Crippen molar-refractivity contribution in [2.24, 2.45) is 11.8 Å². The van der Waals surface area contributed by atoms with Gasteiger partial charge in [-0.3, -0.25) is 9.78 Å². The molecule has 0 saturated heterocycles. The number of rotatable bonds is 3. The van der Waals surface area contributed by atoms with E-state index in [4.69, 9.17) is 0 Å². The second-order valence-corrected chi connectivity index (χ2v) is 5.27. The third-order valence-corrected chi connectivity index (χ3v) is 3.67. The van der Waals surface area contributed by atoms with Gasteiger partial charge in [0.15, 0.2) is 0 Å². The molecule has 2 N–H and O–H groups in total. The Hall–Kier alpha value is -1.58. The van der Waals surface area contributed by atoms with Crippen molar-refractivity contribution in [3.8, 4) is 5.75 Å². The van der Waals surface area contributed by atoms with Crippen molar-refractivity contribution in [3.05, 3.63) is 24.0 Å². The van der Waals surface area contributed by atoms with Crippen molar-refractivity contribution in [1.82, 2.24) is 10.3 Å². The van der Waals surface area contributed by atoms with Crippen LogP contribution in [0.4, 0.5) is 0 Å². The summed E-state index contributed by atoms with van der Waals surface area (Å²) >= 11 is 0. The zero-order valence-electron chi connectivity index (χ0n) is 10.7. The third-order valence-electron chi connectivity index (χ3n) is 3.67. The van der Waals surface area contributed by atoms with E-state index < -0.39 is 0 Å². The molecule has 0 aromatic carbocycles. The van der Waals surface area contributed by atoms with Gasteiger partial charge in [-0.05, 0) is 30.7 Å². The summed E-state index contributed by atoms with van der Waals surface area (Å²) in [7, 11) is 0. The first-order valence-corrected chi connectivity index (χ1v) is 6.57. The normalized spacial score (nSPS) is 23.6. The Balaban J connectivity index is 1.81. The van der Waals surface area contributed by atoms with E-state index in [2.05, 4.69) is 17.2 Å². The molecule has 1 aromatic rings. The van der Waals surface area contributed by atoms with Gasteiger partial charge in [-0.1, -0.05) is 19.8 Å². The van der Waals surface area contributed by atoms with Crippen LogP contribution in [0.2, 0.25) is 0 Å². The van der Waals surface area contributed by atoms with E-state index in [0.717, 1.165) is 12.5 Å². The minimum atomic E-state index is -0.156. The summed E-state index contributed by atoms with van der Waals surface area (Å²) in [6.45, 7) is 3.01. The standard InChI is InChI=1S/C14H20N2O2/c1-10-2-4-11(5-3-10)7-16-14(18)12-6-13(17)9-15-8-12/h6,8-11,17H,2-5,7H2,1H3,(H,16,18). The van der Waals surface area contributed by atoms with Gasteiger partial charge in [0.2, 0.25) is 0 Å². The maximum absolute atomic E-state index is 11.8. The first kappa shape index (κ1) is 12.9. The van der Waals surface area contributed by atoms with Gasteiger partial charge in [0.1, 0.15) is 5.75 Å². The summed E-state index contributed by atoms with van der Waals surface area (Å²) in [5.74, 6) is 1.29. The van der Waals surface area contributed by atoms with Crippen LogP contribution in [0.15, 0.2) is 18.5 Å². The number of pyridine rings is 1. The highest BCUT2D eigenvalue weighted by Gasteiger charge is 2.18. The molecule has 1 fully saturated rings. The van der Waals surface area contributed by atoms with Crippen LogP contribution in [-0.2, 0) is 0 Å². The molecule has 0 aliphatic heterocycles. The highest BCUT2D eigenvalue weighted by atomic mass is 16.3. The molecule has 1 heterocycles. The van der Waals surface area contributed by atoms with Crippen molar-refractivity contribution >= 4 is 5.91 Å². The van der Waals surface area contributed by atoms with E-state index in [1.54, 1.807) is 0 Å². The van der Waals surface area contributed by atoms with Crippen LogP contribution in [0.1, 0.15) is 43.0 Å². The maximum Gasteiger partial charge on any atom is 0.252 e. The second-order valence-electron chi connectivity index (χ2n) is 5.27. The predicted octanol–water partition coefficient (Wildman–Crippen LogP) is 2.34. The van der Waals surface area contributed by atoms with E-state index in [9.17, 15) is 9.90 Å². The highest BCUT2D eigenvalue weighted by Crippen LogP contribution is 2.27. The molecule has 1 aliphatic carbocycles. The lowest BCUT2D eigenvalue weighted by molar-refractivity contribution is 0.0941. The van der Waals surface area contributed by atoms with Gasteiger partial charge >= 0.3 is 0 Å². The zero-order valence-corrected chi connectivity index (χ0v) is 10.7. The summed E-state index contributed by atoms with van der Waals surface area (Å²) in [4.78, 5) is 15.6. The third kappa shape index (κ3) is 3.45. The topological polar surface area (TPSA) is 62.2 Å². The summed E-state index contributed by atoms with van der Waals surface area (Å²) in [6.07, 6.45) is 7.69. The van der Waals surface area contributed by atoms with Crippen LogP contribution < -0.4 is 5.32 Å². The number of aromatic nitrogens is 1. The van der Waals surface area contributed by atoms with Gasteiger partial charge in [0.05, 0.1) is 11.8 Å². The van der Waals surface area contributed by atoms with E-state index in [-0.39, 0.29) is 11.7 Å². The van der Waals surface area contributed by atoms with Gasteiger partial charge in [0, 0.05) is 12.7 Å². The lowest BCUT2D eigenvalue weighted by atomic mass is 9.83. The molecule has 1 saturated carbocycles. The SMILES string of the molecule is CC1CCC(CNC(=O)c2cncc(O)c2)CC1. The average Bonchev–Trinajstić information content (AvgIpc) is 2.38. The number of amides is 1. The van der Waals surface area contributed by atoms with Crippen LogP contribution in [0.25, 0.3) is 0 Å². The molecular weight excluding hydrogens is 228 g/mol. The molecule has 0 unspecified atom stereocenters. The van der Waals surface area contributed by atoms with Gasteiger partial charge < -0.3 is 10.4 Å². The molecule has 18 heavy (non-hydrogen) atoms. The summed E-state index contributed by atoms with van der Waals surface area (Å²) in [6, 6.07) is 1.44. The summed E-state index contributed by atoms with van der Waals surface area (Å²) < 4.78 is 0. The molecule has 98 valence electrons. The average molecular weight is 248 g/mol. The Morgan fingerprint density at radius 1 is 1.39 bits per heavy atom. The van der Waals surface area contributed by atoms with Gasteiger partial charge in [-0.15, -0.1) is 0 Å². The number of aromatic hydroxyl groups is 1. The monoisotopic (exact) mass is 248 g/mol. The highest BCUT2D eigenvalue weighted by molar-refractivity contribution is 5.94.